The third-order valence-electron chi connectivity index (χ3n) is 10.1. The molecule has 10 nitrogen and oxygen atoms in total. The molecular weight excluding hydrogens is 985 g/mol. The minimum Gasteiger partial charge on any atom is -1.00 e. The van der Waals surface area contributed by atoms with Crippen molar-refractivity contribution in [2.24, 2.45) is 0 Å². The van der Waals surface area contributed by atoms with Crippen molar-refractivity contribution in [1.29, 1.82) is 0 Å². The SMILES string of the molecule is CC(C)(C)OC(=O)NCc1ccc(Br)cc1.COC(=O)C(C)(C)c1cccc(B2OC(C)(C)C(C)(C)O2)c1.COc1ccc2c(C=O)cc(C)cc2c1.FC(F)(F)c1ccc(CBr)o1.[H-].[Na+]. The van der Waals surface area contributed by atoms with Crippen LogP contribution in [0.5, 0.6) is 5.75 Å². The van der Waals surface area contributed by atoms with Crippen LogP contribution in [0.25, 0.3) is 10.8 Å². The Morgan fingerprint density at radius 2 is 1.48 bits per heavy atom. The Balaban J connectivity index is 0.000000448. The molecule has 0 spiro atoms. The van der Waals surface area contributed by atoms with E-state index in [-0.39, 0.29) is 53.9 Å². The largest absolute Gasteiger partial charge is 1.00 e. The average Bonchev–Trinajstić information content (AvgIpc) is 3.81. The summed E-state index contributed by atoms with van der Waals surface area (Å²) in [5.74, 6) is -0.132. The Morgan fingerprint density at radius 3 is 1.97 bits per heavy atom. The van der Waals surface area contributed by atoms with Crippen molar-refractivity contribution in [3.8, 4) is 5.75 Å². The number of hydrogen-bond acceptors (Lipinski definition) is 9. The van der Waals surface area contributed by atoms with E-state index in [0.717, 1.165) is 61.1 Å². The number of nitrogens with one attached hydrogen (secondary N) is 1. The Bertz CT molecular complexity index is 2340. The van der Waals surface area contributed by atoms with Crippen LogP contribution in [0.15, 0.2) is 99.9 Å². The summed E-state index contributed by atoms with van der Waals surface area (Å²) in [6, 6.07) is 27.4. The van der Waals surface area contributed by atoms with Gasteiger partial charge in [0.25, 0.3) is 0 Å². The number of benzene rings is 4. The van der Waals surface area contributed by atoms with Gasteiger partial charge in [0.1, 0.15) is 17.1 Å². The maximum absolute atomic E-state index is 12.0. The molecule has 5 aromatic rings. The molecule has 0 atom stereocenters. The number of furan rings is 1. The number of alkyl carbamates (subject to hydrolysis) is 1. The van der Waals surface area contributed by atoms with Crippen LogP contribution >= 0.6 is 31.9 Å². The van der Waals surface area contributed by atoms with Gasteiger partial charge in [-0.1, -0.05) is 74.3 Å². The zero-order chi connectivity index (χ0) is 48.3. The molecule has 1 aromatic heterocycles. The Morgan fingerprint density at radius 1 is 0.862 bits per heavy atom. The van der Waals surface area contributed by atoms with Crippen molar-refractivity contribution >= 4 is 73.6 Å². The normalized spacial score (nSPS) is 13.9. The number of aldehydes is 1. The Kier molecular flexibility index (Phi) is 21.6. The third kappa shape index (κ3) is 17.2. The van der Waals surface area contributed by atoms with Crippen LogP contribution in [0.2, 0.25) is 0 Å². The maximum atomic E-state index is 12.0. The molecule has 0 unspecified atom stereocenters. The molecule has 1 N–H and O–H groups in total. The first-order chi connectivity index (χ1) is 29.7. The van der Waals surface area contributed by atoms with Gasteiger partial charge in [-0.05, 0) is 151 Å². The smallest absolute Gasteiger partial charge is 1.00 e. The minimum atomic E-state index is -4.37. The molecule has 1 aliphatic rings. The van der Waals surface area contributed by atoms with Crippen LogP contribution in [-0.2, 0) is 47.0 Å². The number of carbonyl (C=O) groups is 3. The molecule has 65 heavy (non-hydrogen) atoms. The van der Waals surface area contributed by atoms with Gasteiger partial charge in [0.15, 0.2) is 6.29 Å². The molecule has 4 aromatic carbocycles. The summed E-state index contributed by atoms with van der Waals surface area (Å²) in [7, 11) is 2.61. The summed E-state index contributed by atoms with van der Waals surface area (Å²) in [5.41, 5.74) is 2.70. The fourth-order valence-electron chi connectivity index (χ4n) is 5.88. The van der Waals surface area contributed by atoms with Gasteiger partial charge in [-0.3, -0.25) is 9.59 Å². The third-order valence-corrected chi connectivity index (χ3v) is 11.2. The molecule has 1 amide bonds. The molecule has 2 heterocycles. The van der Waals surface area contributed by atoms with Crippen LogP contribution in [0.3, 0.4) is 0 Å². The van der Waals surface area contributed by atoms with Gasteiger partial charge in [0.2, 0.25) is 5.76 Å². The number of rotatable bonds is 8. The van der Waals surface area contributed by atoms with E-state index < -0.39 is 36.2 Å². The Hall–Kier alpha value is -3.64. The van der Waals surface area contributed by atoms with Crippen molar-refractivity contribution < 1.29 is 86.5 Å². The number of amides is 1. The first kappa shape index (κ1) is 57.5. The van der Waals surface area contributed by atoms with Gasteiger partial charge in [-0.15, -0.1) is 0 Å². The first-order valence-electron chi connectivity index (χ1n) is 20.2. The summed E-state index contributed by atoms with van der Waals surface area (Å²) in [6.07, 6.45) is -3.88. The summed E-state index contributed by atoms with van der Waals surface area (Å²) in [5, 5.41) is 5.00. The summed E-state index contributed by atoms with van der Waals surface area (Å²) in [6.45, 7) is 19.8. The van der Waals surface area contributed by atoms with E-state index in [2.05, 4.69) is 41.6 Å². The van der Waals surface area contributed by atoms with Crippen LogP contribution in [-0.4, -0.2) is 56.5 Å². The van der Waals surface area contributed by atoms with Gasteiger partial charge >= 0.3 is 54.9 Å². The molecule has 1 aliphatic heterocycles. The molecule has 17 heteroatoms. The number of methoxy groups -OCH3 is 2. The van der Waals surface area contributed by atoms with E-state index in [4.69, 9.17) is 23.5 Å². The standard InChI is InChI=1S/C17H25BO4.C13H12O2.C12H16BrNO2.C6H4BrF3O.Na.H/c1-15(2,14(19)20-7)12-9-8-10-13(11-12)18-21-16(3,4)17(5,6)22-18;1-9-5-10-7-12(15-2)3-4-13(10)11(6-9)8-14;1-12(2,3)16-11(15)14-8-9-4-6-10(13)7-5-9;7-3-4-1-2-5(11-4)6(8,9)10;;/h8-11H,1-7H3;3-8H,1-2H3;4-7H,8H2,1-3H3,(H,14,15);1-2H,3H2;;/q;;;;+1;-1. The van der Waals surface area contributed by atoms with E-state index in [1.807, 2.05) is 148 Å². The van der Waals surface area contributed by atoms with Crippen LogP contribution in [0, 0.1) is 6.92 Å². The van der Waals surface area contributed by atoms with Gasteiger partial charge in [-0.25, -0.2) is 4.79 Å². The summed E-state index contributed by atoms with van der Waals surface area (Å²) in [4.78, 5) is 34.2. The minimum absolute atomic E-state index is 0. The van der Waals surface area contributed by atoms with Crippen LogP contribution in [0.1, 0.15) is 102 Å². The van der Waals surface area contributed by atoms with Crippen molar-refractivity contribution in [3.05, 3.63) is 129 Å². The fraction of sp³-hybridized carbons (Fsp3) is 0.396. The van der Waals surface area contributed by atoms with Gasteiger partial charge in [-0.2, -0.15) is 13.2 Å². The number of ether oxygens (including phenoxy) is 3. The molecule has 0 bridgehead atoms. The predicted molar refractivity (Wildman–Crippen MR) is 252 cm³/mol. The molecular formula is C48H58BBr2F3NNaO9. The average molecular weight is 1040 g/mol. The zero-order valence-corrected chi connectivity index (χ0v) is 44.5. The number of carbonyl (C=O) groups excluding carboxylic acids is 3. The van der Waals surface area contributed by atoms with Crippen LogP contribution in [0.4, 0.5) is 18.0 Å². The second-order valence-electron chi connectivity index (χ2n) is 17.3. The maximum Gasteiger partial charge on any atom is 1.00 e. The predicted octanol–water partition coefficient (Wildman–Crippen LogP) is 9.19. The summed E-state index contributed by atoms with van der Waals surface area (Å²) < 4.78 is 68.2. The first-order valence-corrected chi connectivity index (χ1v) is 22.1. The van der Waals surface area contributed by atoms with Gasteiger partial charge in [0, 0.05) is 16.6 Å². The second-order valence-corrected chi connectivity index (χ2v) is 18.7. The molecule has 1 saturated heterocycles. The number of halogens is 5. The van der Waals surface area contributed by atoms with E-state index >= 15 is 0 Å². The topological polar surface area (TPSA) is 123 Å². The van der Waals surface area contributed by atoms with Crippen molar-refractivity contribution in [3.63, 3.8) is 0 Å². The van der Waals surface area contributed by atoms with Gasteiger partial charge < -0.3 is 34.7 Å². The monoisotopic (exact) mass is 1040 g/mol. The summed E-state index contributed by atoms with van der Waals surface area (Å²) >= 11 is 6.33. The number of alkyl halides is 4. The van der Waals surface area contributed by atoms with Crippen molar-refractivity contribution in [2.75, 3.05) is 14.2 Å². The quantitative estimate of drug-likeness (QED) is 0.0702. The molecule has 348 valence electrons. The van der Waals surface area contributed by atoms with Crippen molar-refractivity contribution in [2.45, 2.75) is 110 Å². The van der Waals surface area contributed by atoms with Gasteiger partial charge in [0.05, 0.1) is 36.2 Å². The molecule has 0 radical (unpaired) electrons. The molecule has 0 aliphatic carbocycles. The van der Waals surface area contributed by atoms with Crippen LogP contribution < -0.4 is 45.1 Å². The number of esters is 1. The van der Waals surface area contributed by atoms with E-state index in [1.165, 1.54) is 13.2 Å². The van der Waals surface area contributed by atoms with Crippen molar-refractivity contribution in [1.82, 2.24) is 5.32 Å². The second kappa shape index (κ2) is 24.4. The Labute approximate surface area is 421 Å². The molecule has 0 saturated carbocycles. The number of hydrogen-bond donors (Lipinski definition) is 1. The molecule has 6 rings (SSSR count). The number of aryl methyl sites for hydroxylation is 1. The van der Waals surface area contributed by atoms with E-state index in [1.54, 1.807) is 7.11 Å². The number of fused-ring (bicyclic) bond motifs is 1. The van der Waals surface area contributed by atoms with E-state index in [0.29, 0.717) is 11.9 Å². The fourth-order valence-corrected chi connectivity index (χ4v) is 6.44. The van der Waals surface area contributed by atoms with E-state index in [9.17, 15) is 27.6 Å². The zero-order valence-electron chi connectivity index (χ0n) is 40.3. The molecule has 1 fully saturated rings.